The Morgan fingerprint density at radius 1 is 1.09 bits per heavy atom. The summed E-state index contributed by atoms with van der Waals surface area (Å²) >= 11 is 2.82. The number of anilines is 1. The lowest BCUT2D eigenvalue weighted by molar-refractivity contribution is -0.130. The maximum absolute atomic E-state index is 14.0. The van der Waals surface area contributed by atoms with Gasteiger partial charge in [-0.1, -0.05) is 23.9 Å². The molecule has 172 valence electrons. The van der Waals surface area contributed by atoms with Crippen molar-refractivity contribution in [2.24, 2.45) is 0 Å². The van der Waals surface area contributed by atoms with Gasteiger partial charge in [0.2, 0.25) is 5.91 Å². The molecule has 2 heterocycles. The first kappa shape index (κ1) is 23.3. The first-order valence-corrected chi connectivity index (χ1v) is 12.4. The van der Waals surface area contributed by atoms with E-state index in [1.165, 1.54) is 29.2 Å². The zero-order valence-corrected chi connectivity index (χ0v) is 19.8. The van der Waals surface area contributed by atoms with Crippen LogP contribution >= 0.6 is 23.1 Å². The molecule has 1 aliphatic heterocycles. The number of para-hydroxylation sites is 1. The van der Waals surface area contributed by atoms with E-state index < -0.39 is 0 Å². The average Bonchev–Trinajstić information content (AvgIpc) is 3.30. The van der Waals surface area contributed by atoms with E-state index in [1.807, 2.05) is 16.3 Å². The average molecular weight is 486 g/mol. The van der Waals surface area contributed by atoms with Gasteiger partial charge in [-0.15, -0.1) is 11.3 Å². The zero-order valence-electron chi connectivity index (χ0n) is 18.2. The number of hydrogen-bond acceptors (Lipinski definition) is 7. The van der Waals surface area contributed by atoms with E-state index in [4.69, 9.17) is 4.74 Å². The summed E-state index contributed by atoms with van der Waals surface area (Å²) in [4.78, 5) is 33.4. The molecule has 0 radical (unpaired) electrons. The fraction of sp³-hybridized carbons (Fsp3) is 0.292. The Labute approximate surface area is 200 Å². The van der Waals surface area contributed by atoms with Gasteiger partial charge in [-0.2, -0.15) is 0 Å². The maximum Gasteiger partial charge on any atom is 0.228 e. The molecular formula is C24H24FN3O3S2. The van der Waals surface area contributed by atoms with Crippen LogP contribution in [-0.4, -0.2) is 60.6 Å². The van der Waals surface area contributed by atoms with E-state index in [2.05, 4.69) is 4.98 Å². The van der Waals surface area contributed by atoms with Crippen molar-refractivity contribution in [3.05, 3.63) is 71.0 Å². The molecule has 0 unspecified atom stereocenters. The van der Waals surface area contributed by atoms with Crippen LogP contribution in [0.2, 0.25) is 0 Å². The van der Waals surface area contributed by atoms with Gasteiger partial charge in [0, 0.05) is 37.1 Å². The second-order valence-electron chi connectivity index (χ2n) is 7.54. The van der Waals surface area contributed by atoms with Crippen molar-refractivity contribution < 1.29 is 18.7 Å². The highest BCUT2D eigenvalue weighted by atomic mass is 32.2. The highest BCUT2D eigenvalue weighted by molar-refractivity contribution is 8.01. The summed E-state index contributed by atoms with van der Waals surface area (Å²) in [5, 5.41) is 1.87. The highest BCUT2D eigenvalue weighted by Gasteiger charge is 2.23. The summed E-state index contributed by atoms with van der Waals surface area (Å²) in [6, 6.07) is 13.7. The van der Waals surface area contributed by atoms with Gasteiger partial charge in [0.25, 0.3) is 0 Å². The number of nitrogens with zero attached hydrogens (tertiary/aromatic N) is 3. The molecule has 33 heavy (non-hydrogen) atoms. The van der Waals surface area contributed by atoms with E-state index in [0.717, 1.165) is 4.34 Å². The van der Waals surface area contributed by atoms with Crippen LogP contribution < -0.4 is 9.64 Å². The maximum atomic E-state index is 14.0. The SMILES string of the molecule is COc1ccc(C(=O)CSc2nc(CC(=O)N3CCN(c4ccccc4F)CC3)cs2)cc1. The van der Waals surface area contributed by atoms with E-state index in [0.29, 0.717) is 48.9 Å². The summed E-state index contributed by atoms with van der Waals surface area (Å²) in [7, 11) is 1.59. The summed E-state index contributed by atoms with van der Waals surface area (Å²) in [6.45, 7) is 2.29. The zero-order chi connectivity index (χ0) is 23.2. The number of amides is 1. The Balaban J connectivity index is 1.25. The smallest absolute Gasteiger partial charge is 0.228 e. The number of halogens is 1. The topological polar surface area (TPSA) is 62.7 Å². The lowest BCUT2D eigenvalue weighted by atomic mass is 10.1. The number of piperazine rings is 1. The van der Waals surface area contributed by atoms with Crippen LogP contribution in [0, 0.1) is 5.82 Å². The lowest BCUT2D eigenvalue weighted by Crippen LogP contribution is -2.49. The Hall–Kier alpha value is -2.91. The summed E-state index contributed by atoms with van der Waals surface area (Å²) in [6.07, 6.45) is 0.225. The molecular weight excluding hydrogens is 461 g/mol. The first-order valence-electron chi connectivity index (χ1n) is 10.5. The number of thioether (sulfide) groups is 1. The molecule has 1 aromatic heterocycles. The standard InChI is InChI=1S/C24H24FN3O3S2/c1-31-19-8-6-17(7-9-19)22(29)16-33-24-26-18(15-32-24)14-23(30)28-12-10-27(11-13-28)21-5-3-2-4-20(21)25/h2-9,15H,10-14,16H2,1H3. The molecule has 1 saturated heterocycles. The third kappa shape index (κ3) is 5.91. The molecule has 0 spiro atoms. The van der Waals surface area contributed by atoms with Crippen LogP contribution in [-0.2, 0) is 11.2 Å². The number of Topliss-reactive ketones (excluding diaryl/α,β-unsaturated/α-hetero) is 1. The molecule has 0 atom stereocenters. The highest BCUT2D eigenvalue weighted by Crippen LogP contribution is 2.25. The molecule has 0 aliphatic carbocycles. The van der Waals surface area contributed by atoms with Crippen molar-refractivity contribution in [1.29, 1.82) is 0 Å². The number of rotatable bonds is 8. The summed E-state index contributed by atoms with van der Waals surface area (Å²) < 4.78 is 19.9. The van der Waals surface area contributed by atoms with E-state index in [9.17, 15) is 14.0 Å². The minimum atomic E-state index is -0.241. The van der Waals surface area contributed by atoms with Gasteiger partial charge >= 0.3 is 0 Å². The number of thiazole rings is 1. The first-order chi connectivity index (χ1) is 16.0. The number of hydrogen-bond donors (Lipinski definition) is 0. The molecule has 1 aliphatic rings. The number of carbonyl (C=O) groups is 2. The second kappa shape index (κ2) is 10.8. The van der Waals surface area contributed by atoms with Gasteiger partial charge in [-0.25, -0.2) is 9.37 Å². The molecule has 1 fully saturated rings. The summed E-state index contributed by atoms with van der Waals surface area (Å²) in [5.41, 5.74) is 1.92. The van der Waals surface area contributed by atoms with E-state index >= 15 is 0 Å². The minimum Gasteiger partial charge on any atom is -0.497 e. The second-order valence-corrected chi connectivity index (χ2v) is 9.62. The van der Waals surface area contributed by atoms with Crippen molar-refractivity contribution in [3.63, 3.8) is 0 Å². The third-order valence-corrected chi connectivity index (χ3v) is 7.50. The number of methoxy groups -OCH3 is 1. The fourth-order valence-electron chi connectivity index (χ4n) is 3.60. The number of ether oxygens (including phenoxy) is 1. The fourth-order valence-corrected chi connectivity index (χ4v) is 5.33. The molecule has 6 nitrogen and oxygen atoms in total. The van der Waals surface area contributed by atoms with Crippen LogP contribution in [0.5, 0.6) is 5.75 Å². The quantitative estimate of drug-likeness (QED) is 0.353. The predicted molar refractivity (Wildman–Crippen MR) is 129 cm³/mol. The molecule has 0 saturated carbocycles. The Morgan fingerprint density at radius 2 is 1.82 bits per heavy atom. The Bertz CT molecular complexity index is 1110. The molecule has 9 heteroatoms. The van der Waals surface area contributed by atoms with Crippen molar-refractivity contribution in [1.82, 2.24) is 9.88 Å². The van der Waals surface area contributed by atoms with Crippen LogP contribution in [0.15, 0.2) is 58.3 Å². The van der Waals surface area contributed by atoms with Crippen molar-refractivity contribution in [2.45, 2.75) is 10.8 Å². The Kier molecular flexibility index (Phi) is 7.61. The monoisotopic (exact) mass is 485 g/mol. The van der Waals surface area contributed by atoms with Gasteiger partial charge in [0.15, 0.2) is 10.1 Å². The van der Waals surface area contributed by atoms with Crippen LogP contribution in [0.4, 0.5) is 10.1 Å². The molecule has 0 N–H and O–H groups in total. The van der Waals surface area contributed by atoms with Gasteiger partial charge in [-0.3, -0.25) is 9.59 Å². The molecule has 0 bridgehead atoms. The molecule has 4 rings (SSSR count). The van der Waals surface area contributed by atoms with Crippen molar-refractivity contribution in [3.8, 4) is 5.75 Å². The molecule has 3 aromatic rings. The molecule has 2 aromatic carbocycles. The summed E-state index contributed by atoms with van der Waals surface area (Å²) in [5.74, 6) is 0.783. The van der Waals surface area contributed by atoms with E-state index in [1.54, 1.807) is 48.4 Å². The van der Waals surface area contributed by atoms with Crippen molar-refractivity contribution in [2.75, 3.05) is 43.9 Å². The number of carbonyl (C=O) groups excluding carboxylic acids is 2. The third-order valence-electron chi connectivity index (χ3n) is 5.43. The minimum absolute atomic E-state index is 0.0133. The largest absolute Gasteiger partial charge is 0.497 e. The van der Waals surface area contributed by atoms with Crippen LogP contribution in [0.3, 0.4) is 0 Å². The number of benzene rings is 2. The van der Waals surface area contributed by atoms with E-state index in [-0.39, 0.29) is 29.7 Å². The van der Waals surface area contributed by atoms with Crippen LogP contribution in [0.1, 0.15) is 16.1 Å². The normalized spacial score (nSPS) is 13.8. The predicted octanol–water partition coefficient (Wildman–Crippen LogP) is 4.16. The van der Waals surface area contributed by atoms with Crippen molar-refractivity contribution >= 4 is 40.5 Å². The molecule has 1 amide bonds. The number of aromatic nitrogens is 1. The van der Waals surface area contributed by atoms with Gasteiger partial charge in [-0.05, 0) is 36.4 Å². The van der Waals surface area contributed by atoms with Gasteiger partial charge in [0.05, 0.1) is 30.7 Å². The lowest BCUT2D eigenvalue weighted by Gasteiger charge is -2.36. The van der Waals surface area contributed by atoms with Gasteiger partial charge < -0.3 is 14.5 Å². The number of ketones is 1. The van der Waals surface area contributed by atoms with Crippen LogP contribution in [0.25, 0.3) is 0 Å². The Morgan fingerprint density at radius 3 is 2.52 bits per heavy atom. The van der Waals surface area contributed by atoms with Gasteiger partial charge in [0.1, 0.15) is 11.6 Å².